The van der Waals surface area contributed by atoms with Crippen LogP contribution >= 0.6 is 0 Å². The Balaban J connectivity index is 1.48. The van der Waals surface area contributed by atoms with E-state index in [1.165, 1.54) is 4.90 Å². The van der Waals surface area contributed by atoms with Gasteiger partial charge in [0.2, 0.25) is 35.3 Å². The average Bonchev–Trinajstić information content (AvgIpc) is 3.57. The van der Waals surface area contributed by atoms with Gasteiger partial charge in [-0.2, -0.15) is 0 Å². The molecule has 1 saturated carbocycles. The van der Waals surface area contributed by atoms with E-state index in [4.69, 9.17) is 10.5 Å². The lowest BCUT2D eigenvalue weighted by molar-refractivity contribution is -0.144. The van der Waals surface area contributed by atoms with Crippen LogP contribution in [0.25, 0.3) is 0 Å². The number of hydrogen-bond acceptors (Lipinski definition) is 8. The molecule has 2 aromatic rings. The third kappa shape index (κ3) is 13.2. The second kappa shape index (κ2) is 20.4. The van der Waals surface area contributed by atoms with Crippen molar-refractivity contribution in [2.24, 2.45) is 11.7 Å². The van der Waals surface area contributed by atoms with E-state index in [2.05, 4.69) is 21.3 Å². The third-order valence-corrected chi connectivity index (χ3v) is 10.3. The highest BCUT2D eigenvalue weighted by Crippen LogP contribution is 2.31. The normalized spacial score (nSPS) is 18.8. The number of carbonyl (C=O) groups excluding carboxylic acids is 7. The van der Waals surface area contributed by atoms with Crippen LogP contribution in [0.15, 0.2) is 48.5 Å². The molecule has 0 radical (unpaired) electrons. The topological polar surface area (TPSA) is 206 Å². The minimum absolute atomic E-state index is 0.0969. The summed E-state index contributed by atoms with van der Waals surface area (Å²) in [5.74, 6) is -5.04. The number of nitrogens with two attached hydrogens (primary N) is 1. The van der Waals surface area contributed by atoms with Gasteiger partial charge in [0.15, 0.2) is 0 Å². The summed E-state index contributed by atoms with van der Waals surface area (Å²) >= 11 is 0. The fourth-order valence-corrected chi connectivity index (χ4v) is 7.85. The van der Waals surface area contributed by atoms with E-state index in [9.17, 15) is 33.6 Å². The number of primary amides is 1. The Morgan fingerprint density at radius 2 is 1.53 bits per heavy atom. The van der Waals surface area contributed by atoms with Crippen molar-refractivity contribution >= 4 is 41.2 Å². The molecule has 5 unspecified atom stereocenters. The minimum atomic E-state index is -1.25. The van der Waals surface area contributed by atoms with Crippen molar-refractivity contribution < 1.29 is 38.3 Å². The first-order chi connectivity index (χ1) is 26.9. The summed E-state index contributed by atoms with van der Waals surface area (Å²) < 4.78 is 6.26. The summed E-state index contributed by atoms with van der Waals surface area (Å²) in [6.45, 7) is 10.6. The molecule has 0 aromatic heterocycles. The van der Waals surface area contributed by atoms with Gasteiger partial charge in [-0.3, -0.25) is 33.6 Å². The van der Waals surface area contributed by atoms with E-state index in [1.807, 2.05) is 71.0 Å². The van der Waals surface area contributed by atoms with Crippen LogP contribution in [-0.4, -0.2) is 89.0 Å². The number of aryl methyl sites for hydroxylation is 2. The Morgan fingerprint density at radius 3 is 2.12 bits per heavy atom. The summed E-state index contributed by atoms with van der Waals surface area (Å²) in [5.41, 5.74) is 8.02. The molecule has 2 aliphatic rings. The van der Waals surface area contributed by atoms with Crippen molar-refractivity contribution in [3.05, 3.63) is 70.8 Å². The SMILES string of the molecule is CCCC(NC(=O)C1CC(OC(C)(C)C)CN1C(=O)C(NC(=O)Cc1ccccc1)C1CCCCC1)C(=O)C(=O)NCC(=O)NC(C(N)=O)c1cc(C)cc(C)c1. The molecule has 310 valence electrons. The van der Waals surface area contributed by atoms with Crippen LogP contribution < -0.4 is 27.0 Å². The van der Waals surface area contributed by atoms with E-state index in [0.717, 1.165) is 48.8 Å². The van der Waals surface area contributed by atoms with Gasteiger partial charge in [0.25, 0.3) is 5.91 Å². The standard InChI is InChI=1S/C43H60N6O8/c1-7-14-32(38(52)41(55)45-24-35(51)48-36(39(44)53)30-20-26(2)19-27(3)21-30)46-40(54)33-23-31(57-43(4,5)6)25-49(33)42(56)37(29-17-12-9-13-18-29)47-34(50)22-28-15-10-8-11-16-28/h8,10-11,15-16,19-21,29,31-33,36-37H,7,9,12-14,17-18,22-25H2,1-6H3,(H2,44,53)(H,45,55)(H,46,54)(H,47,50)(H,48,51). The highest BCUT2D eigenvalue weighted by Gasteiger charge is 2.46. The monoisotopic (exact) mass is 788 g/mol. The van der Waals surface area contributed by atoms with Crippen LogP contribution in [0.3, 0.4) is 0 Å². The van der Waals surface area contributed by atoms with Gasteiger partial charge < -0.3 is 36.6 Å². The van der Waals surface area contributed by atoms with Gasteiger partial charge in [-0.25, -0.2) is 0 Å². The number of benzene rings is 2. The lowest BCUT2D eigenvalue weighted by atomic mass is 9.83. The molecule has 1 aliphatic heterocycles. The zero-order valence-corrected chi connectivity index (χ0v) is 34.2. The first-order valence-corrected chi connectivity index (χ1v) is 20.1. The summed E-state index contributed by atoms with van der Waals surface area (Å²) in [6, 6.07) is 10.3. The number of ether oxygens (including phenoxy) is 1. The number of rotatable bonds is 17. The van der Waals surface area contributed by atoms with Crippen molar-refractivity contribution in [2.45, 2.75) is 135 Å². The van der Waals surface area contributed by atoms with Crippen LogP contribution in [0.2, 0.25) is 0 Å². The van der Waals surface area contributed by atoms with E-state index >= 15 is 0 Å². The summed E-state index contributed by atoms with van der Waals surface area (Å²) in [6.07, 6.45) is 4.67. The fourth-order valence-electron chi connectivity index (χ4n) is 7.85. The number of hydrogen-bond donors (Lipinski definition) is 5. The average molecular weight is 789 g/mol. The molecule has 14 heteroatoms. The Morgan fingerprint density at radius 1 is 0.877 bits per heavy atom. The van der Waals surface area contributed by atoms with Crippen LogP contribution in [0, 0.1) is 19.8 Å². The largest absolute Gasteiger partial charge is 0.371 e. The maximum absolute atomic E-state index is 14.6. The van der Waals surface area contributed by atoms with Crippen LogP contribution in [0.1, 0.15) is 107 Å². The zero-order chi connectivity index (χ0) is 41.9. The molecule has 0 bridgehead atoms. The van der Waals surface area contributed by atoms with E-state index in [1.54, 1.807) is 19.1 Å². The van der Waals surface area contributed by atoms with Crippen molar-refractivity contribution in [2.75, 3.05) is 13.1 Å². The second-order valence-electron chi connectivity index (χ2n) is 16.4. The molecule has 2 aromatic carbocycles. The molecular formula is C43H60N6O8. The molecule has 6 amide bonds. The van der Waals surface area contributed by atoms with Crippen LogP contribution in [-0.2, 0) is 44.7 Å². The number of Topliss-reactive ketones (excluding diaryl/α,β-unsaturated/α-hetero) is 1. The van der Waals surface area contributed by atoms with Crippen LogP contribution in [0.5, 0.6) is 0 Å². The maximum Gasteiger partial charge on any atom is 0.290 e. The van der Waals surface area contributed by atoms with Gasteiger partial charge in [0, 0.05) is 13.0 Å². The number of amides is 6. The minimum Gasteiger partial charge on any atom is -0.371 e. The van der Waals surface area contributed by atoms with Gasteiger partial charge in [0.05, 0.1) is 30.7 Å². The van der Waals surface area contributed by atoms with E-state index in [0.29, 0.717) is 12.0 Å². The molecule has 6 N–H and O–H groups in total. The van der Waals surface area contributed by atoms with Crippen molar-refractivity contribution in [3.63, 3.8) is 0 Å². The Bertz CT molecular complexity index is 1750. The number of nitrogens with zero attached hydrogens (tertiary/aromatic N) is 1. The van der Waals surface area contributed by atoms with E-state index < -0.39 is 71.8 Å². The number of carbonyl (C=O) groups is 7. The summed E-state index contributed by atoms with van der Waals surface area (Å²) in [5, 5.41) is 10.5. The molecule has 1 heterocycles. The smallest absolute Gasteiger partial charge is 0.290 e. The van der Waals surface area contributed by atoms with Gasteiger partial charge in [0.1, 0.15) is 18.1 Å². The highest BCUT2D eigenvalue weighted by molar-refractivity contribution is 6.38. The molecule has 5 atom stereocenters. The van der Waals surface area contributed by atoms with Gasteiger partial charge >= 0.3 is 0 Å². The van der Waals surface area contributed by atoms with E-state index in [-0.39, 0.29) is 43.5 Å². The van der Waals surface area contributed by atoms with Gasteiger partial charge in [-0.05, 0) is 70.9 Å². The predicted octanol–water partition coefficient (Wildman–Crippen LogP) is 3.01. The van der Waals surface area contributed by atoms with Crippen molar-refractivity contribution in [3.8, 4) is 0 Å². The zero-order valence-electron chi connectivity index (χ0n) is 34.2. The fraction of sp³-hybridized carbons (Fsp3) is 0.558. The molecule has 0 spiro atoms. The Hall–Kier alpha value is -5.11. The molecule has 1 aliphatic carbocycles. The number of ketones is 1. The number of likely N-dealkylation sites (tertiary alicyclic amines) is 1. The lowest BCUT2D eigenvalue weighted by Gasteiger charge is -2.35. The van der Waals surface area contributed by atoms with Gasteiger partial charge in [-0.1, -0.05) is 92.3 Å². The second-order valence-corrected chi connectivity index (χ2v) is 16.4. The summed E-state index contributed by atoms with van der Waals surface area (Å²) in [4.78, 5) is 95.2. The van der Waals surface area contributed by atoms with Crippen molar-refractivity contribution in [1.29, 1.82) is 0 Å². The Kier molecular flexibility index (Phi) is 15.9. The predicted molar refractivity (Wildman–Crippen MR) is 214 cm³/mol. The number of nitrogens with one attached hydrogen (secondary N) is 4. The Labute approximate surface area is 335 Å². The molecule has 14 nitrogen and oxygen atoms in total. The van der Waals surface area contributed by atoms with Gasteiger partial charge in [-0.15, -0.1) is 0 Å². The molecule has 57 heavy (non-hydrogen) atoms. The first kappa shape index (κ1) is 44.6. The summed E-state index contributed by atoms with van der Waals surface area (Å²) in [7, 11) is 0. The molecular weight excluding hydrogens is 729 g/mol. The lowest BCUT2D eigenvalue weighted by Crippen LogP contribution is -2.58. The van der Waals surface area contributed by atoms with Crippen LogP contribution in [0.4, 0.5) is 0 Å². The van der Waals surface area contributed by atoms with Crippen molar-refractivity contribution in [1.82, 2.24) is 26.2 Å². The quantitative estimate of drug-likeness (QED) is 0.150. The highest BCUT2D eigenvalue weighted by atomic mass is 16.5. The third-order valence-electron chi connectivity index (χ3n) is 10.3. The molecule has 2 fully saturated rings. The first-order valence-electron chi connectivity index (χ1n) is 20.1. The molecule has 1 saturated heterocycles. The maximum atomic E-state index is 14.6. The molecule has 4 rings (SSSR count).